The Labute approximate surface area is 124 Å². The van der Waals surface area contributed by atoms with Crippen LogP contribution in [0.3, 0.4) is 0 Å². The summed E-state index contributed by atoms with van der Waals surface area (Å²) >= 11 is 5.23. The maximum atomic E-state index is 13.8. The molecule has 2 aromatic carbocycles. The number of fused-ring (bicyclic) bond motifs is 1. The van der Waals surface area contributed by atoms with Crippen molar-refractivity contribution in [3.63, 3.8) is 0 Å². The summed E-state index contributed by atoms with van der Waals surface area (Å²) in [5.74, 6) is -1.24. The summed E-state index contributed by atoms with van der Waals surface area (Å²) < 4.78 is 28.8. The number of imidazole rings is 1. The van der Waals surface area contributed by atoms with Crippen LogP contribution in [-0.2, 0) is 6.54 Å². The first kappa shape index (κ1) is 13.5. The lowest BCUT2D eigenvalue weighted by molar-refractivity contribution is 0.567. The van der Waals surface area contributed by atoms with E-state index in [1.54, 1.807) is 22.8 Å². The molecule has 3 aromatic rings. The Morgan fingerprint density at radius 1 is 1.19 bits per heavy atom. The normalized spacial score (nSPS) is 10.7. The molecule has 21 heavy (non-hydrogen) atoms. The predicted molar refractivity (Wildman–Crippen MR) is 77.3 cm³/mol. The van der Waals surface area contributed by atoms with Crippen molar-refractivity contribution in [2.45, 2.75) is 6.54 Å². The molecule has 0 unspecified atom stereocenters. The Morgan fingerprint density at radius 3 is 2.71 bits per heavy atom. The second kappa shape index (κ2) is 5.11. The molecule has 0 aliphatic carbocycles. The average Bonchev–Trinajstić information content (AvgIpc) is 2.77. The van der Waals surface area contributed by atoms with Crippen molar-refractivity contribution >= 4 is 23.3 Å². The van der Waals surface area contributed by atoms with Gasteiger partial charge >= 0.3 is 0 Å². The molecule has 3 rings (SSSR count). The third kappa shape index (κ3) is 2.43. The molecule has 6 heteroatoms. The van der Waals surface area contributed by atoms with Crippen LogP contribution in [0.5, 0.6) is 0 Å². The van der Waals surface area contributed by atoms with E-state index in [1.807, 2.05) is 0 Å². The topological polar surface area (TPSA) is 44.5 Å². The smallest absolute Gasteiger partial charge is 0.178 e. The van der Waals surface area contributed by atoms with E-state index in [-0.39, 0.29) is 6.54 Å². The van der Waals surface area contributed by atoms with E-state index in [9.17, 15) is 8.78 Å². The van der Waals surface area contributed by atoms with Crippen molar-refractivity contribution in [1.82, 2.24) is 9.55 Å². The summed E-state index contributed by atoms with van der Waals surface area (Å²) in [6.07, 6.45) is 0. The maximum absolute atomic E-state index is 13.8. The second-order valence-corrected chi connectivity index (χ2v) is 4.98. The molecule has 0 saturated heterocycles. The van der Waals surface area contributed by atoms with E-state index in [1.165, 1.54) is 12.1 Å². The summed E-state index contributed by atoms with van der Waals surface area (Å²) in [5, 5.41) is 8.96. The van der Waals surface area contributed by atoms with Crippen LogP contribution < -0.4 is 0 Å². The zero-order valence-electron chi connectivity index (χ0n) is 10.7. The molecule has 0 atom stereocenters. The van der Waals surface area contributed by atoms with Gasteiger partial charge in [-0.15, -0.1) is 0 Å². The summed E-state index contributed by atoms with van der Waals surface area (Å²) in [7, 11) is 0. The quantitative estimate of drug-likeness (QED) is 0.730. The number of nitrogens with one attached hydrogen (secondary N) is 1. The molecule has 0 aliphatic rings. The van der Waals surface area contributed by atoms with Gasteiger partial charge in [0.2, 0.25) is 0 Å². The lowest BCUT2D eigenvalue weighted by Gasteiger charge is -2.06. The zero-order chi connectivity index (χ0) is 15.0. The number of hydrogen-bond donors (Lipinski definition) is 1. The van der Waals surface area contributed by atoms with Crippen molar-refractivity contribution in [3.05, 3.63) is 63.9 Å². The van der Waals surface area contributed by atoms with Crippen LogP contribution in [0.4, 0.5) is 8.78 Å². The van der Waals surface area contributed by atoms with Crippen LogP contribution in [-0.4, -0.2) is 9.55 Å². The molecule has 104 valence electrons. The number of aromatic amines is 1. The summed E-state index contributed by atoms with van der Waals surface area (Å²) in [6, 6.07) is 10.6. The van der Waals surface area contributed by atoms with Gasteiger partial charge in [-0.25, -0.2) is 8.78 Å². The molecule has 1 heterocycles. The van der Waals surface area contributed by atoms with Crippen molar-refractivity contribution in [2.24, 2.45) is 0 Å². The third-order valence-corrected chi connectivity index (χ3v) is 3.57. The fourth-order valence-electron chi connectivity index (χ4n) is 2.20. The van der Waals surface area contributed by atoms with E-state index in [0.717, 1.165) is 11.6 Å². The molecule has 0 amide bonds. The van der Waals surface area contributed by atoms with Crippen molar-refractivity contribution in [1.29, 1.82) is 5.26 Å². The minimum absolute atomic E-state index is 0.166. The highest BCUT2D eigenvalue weighted by molar-refractivity contribution is 7.71. The number of aromatic nitrogens is 2. The fraction of sp³-hybridized carbons (Fsp3) is 0.0667. The molecule has 1 N–H and O–H groups in total. The van der Waals surface area contributed by atoms with Gasteiger partial charge in [-0.3, -0.25) is 0 Å². The minimum atomic E-state index is -0.623. The molecule has 3 nitrogen and oxygen atoms in total. The van der Waals surface area contributed by atoms with E-state index in [0.29, 0.717) is 21.4 Å². The predicted octanol–water partition coefficient (Wildman–Crippen LogP) is 3.90. The number of nitrogens with zero attached hydrogens (tertiary/aromatic N) is 2. The average molecular weight is 301 g/mol. The number of H-pyrrole nitrogens is 1. The van der Waals surface area contributed by atoms with Gasteiger partial charge in [-0.1, -0.05) is 6.07 Å². The van der Waals surface area contributed by atoms with Crippen LogP contribution in [0.25, 0.3) is 11.0 Å². The first-order valence-corrected chi connectivity index (χ1v) is 6.56. The van der Waals surface area contributed by atoms with Gasteiger partial charge in [0, 0.05) is 11.6 Å². The molecule has 0 spiro atoms. The molecule has 0 bridgehead atoms. The SMILES string of the molecule is N#Cc1ccc2[nH]c(=S)n(Cc3ccc(F)cc3F)c2c1. The zero-order valence-corrected chi connectivity index (χ0v) is 11.5. The van der Waals surface area contributed by atoms with Gasteiger partial charge < -0.3 is 9.55 Å². The lowest BCUT2D eigenvalue weighted by Crippen LogP contribution is -2.02. The molecular formula is C15H9F2N3S. The van der Waals surface area contributed by atoms with E-state index in [2.05, 4.69) is 11.1 Å². The van der Waals surface area contributed by atoms with Crippen LogP contribution in [0.15, 0.2) is 36.4 Å². The van der Waals surface area contributed by atoms with Crippen molar-refractivity contribution in [2.75, 3.05) is 0 Å². The molecule has 1 aromatic heterocycles. The summed E-state index contributed by atoms with van der Waals surface area (Å²) in [6.45, 7) is 0.166. The summed E-state index contributed by atoms with van der Waals surface area (Å²) in [5.41, 5.74) is 2.30. The standard InChI is InChI=1S/C15H9F2N3S/c16-11-3-2-10(12(17)6-11)8-20-14-5-9(7-18)1-4-13(14)19-15(20)21/h1-6H,8H2,(H,19,21). The van der Waals surface area contributed by atoms with E-state index < -0.39 is 11.6 Å². The first-order valence-electron chi connectivity index (χ1n) is 6.15. The number of halogens is 2. The number of benzene rings is 2. The van der Waals surface area contributed by atoms with Gasteiger partial charge in [-0.2, -0.15) is 5.26 Å². The Balaban J connectivity index is 2.14. The van der Waals surface area contributed by atoms with Gasteiger partial charge in [0.05, 0.1) is 29.2 Å². The van der Waals surface area contributed by atoms with Crippen molar-refractivity contribution in [3.8, 4) is 6.07 Å². The molecule has 0 saturated carbocycles. The van der Waals surface area contributed by atoms with E-state index in [4.69, 9.17) is 17.5 Å². The molecular weight excluding hydrogens is 292 g/mol. The molecule has 0 radical (unpaired) electrons. The van der Waals surface area contributed by atoms with Gasteiger partial charge in [0.25, 0.3) is 0 Å². The van der Waals surface area contributed by atoms with E-state index >= 15 is 0 Å². The fourth-order valence-corrected chi connectivity index (χ4v) is 2.47. The summed E-state index contributed by atoms with van der Waals surface area (Å²) in [4.78, 5) is 3.00. The largest absolute Gasteiger partial charge is 0.331 e. The molecule has 0 aliphatic heterocycles. The van der Waals surface area contributed by atoms with Crippen molar-refractivity contribution < 1.29 is 8.78 Å². The Morgan fingerprint density at radius 2 is 2.00 bits per heavy atom. The Hall–Kier alpha value is -2.52. The number of nitriles is 1. The highest BCUT2D eigenvalue weighted by atomic mass is 32.1. The highest BCUT2D eigenvalue weighted by Crippen LogP contribution is 2.19. The molecule has 0 fully saturated rings. The van der Waals surface area contributed by atoms with Crippen LogP contribution in [0, 0.1) is 27.7 Å². The monoisotopic (exact) mass is 301 g/mol. The lowest BCUT2D eigenvalue weighted by atomic mass is 10.2. The van der Waals surface area contributed by atoms with Gasteiger partial charge in [-0.05, 0) is 36.5 Å². The third-order valence-electron chi connectivity index (χ3n) is 3.25. The van der Waals surface area contributed by atoms with Crippen LogP contribution in [0.1, 0.15) is 11.1 Å². The van der Waals surface area contributed by atoms with Gasteiger partial charge in [0.15, 0.2) is 4.77 Å². The number of hydrogen-bond acceptors (Lipinski definition) is 2. The number of rotatable bonds is 2. The Bertz CT molecular complexity index is 934. The Kier molecular flexibility index (Phi) is 3.28. The highest BCUT2D eigenvalue weighted by Gasteiger charge is 2.09. The van der Waals surface area contributed by atoms with Crippen LogP contribution >= 0.6 is 12.2 Å². The van der Waals surface area contributed by atoms with Crippen LogP contribution in [0.2, 0.25) is 0 Å². The maximum Gasteiger partial charge on any atom is 0.178 e. The van der Waals surface area contributed by atoms with Gasteiger partial charge in [0.1, 0.15) is 11.6 Å². The first-order chi connectivity index (χ1) is 10.1. The second-order valence-electron chi connectivity index (χ2n) is 4.60. The minimum Gasteiger partial charge on any atom is -0.331 e.